The standard InChI is InChI=1S/C14H11BrINO5S/c1-2-22-11(18)6-17-13(20)10(23-14(17)21)5-7-3-8(15)12(19)9(16)4-7/h3-5,19H,2,6H2,1H3/b10-5+. The summed E-state index contributed by atoms with van der Waals surface area (Å²) in [6.45, 7) is 1.44. The van der Waals surface area contributed by atoms with Gasteiger partial charge in [-0.1, -0.05) is 0 Å². The molecule has 0 aliphatic carbocycles. The number of hydrogen-bond acceptors (Lipinski definition) is 6. The van der Waals surface area contributed by atoms with E-state index in [-0.39, 0.29) is 17.3 Å². The smallest absolute Gasteiger partial charge is 0.326 e. The van der Waals surface area contributed by atoms with Gasteiger partial charge in [0, 0.05) is 0 Å². The Morgan fingerprint density at radius 3 is 2.78 bits per heavy atom. The van der Waals surface area contributed by atoms with Crippen molar-refractivity contribution in [2.75, 3.05) is 13.2 Å². The third kappa shape index (κ3) is 4.27. The first kappa shape index (κ1) is 18.3. The van der Waals surface area contributed by atoms with Crippen molar-refractivity contribution in [1.29, 1.82) is 0 Å². The number of carbonyl (C=O) groups is 3. The molecule has 1 saturated heterocycles. The zero-order chi connectivity index (χ0) is 17.1. The molecule has 1 heterocycles. The molecule has 1 fully saturated rings. The molecule has 2 rings (SSSR count). The van der Waals surface area contributed by atoms with Gasteiger partial charge in [-0.25, -0.2) is 0 Å². The Kier molecular flexibility index (Phi) is 6.09. The van der Waals surface area contributed by atoms with Crippen molar-refractivity contribution in [2.45, 2.75) is 6.92 Å². The van der Waals surface area contributed by atoms with Crippen LogP contribution in [-0.2, 0) is 14.3 Å². The minimum absolute atomic E-state index is 0.109. The molecule has 1 aliphatic rings. The minimum atomic E-state index is -0.627. The van der Waals surface area contributed by atoms with Crippen LogP contribution in [0.3, 0.4) is 0 Å². The number of phenols is 1. The lowest BCUT2D eigenvalue weighted by Crippen LogP contribution is -2.34. The monoisotopic (exact) mass is 511 g/mol. The summed E-state index contributed by atoms with van der Waals surface area (Å²) >= 11 is 5.95. The van der Waals surface area contributed by atoms with Gasteiger partial charge < -0.3 is 9.84 Å². The van der Waals surface area contributed by atoms with E-state index in [1.54, 1.807) is 25.1 Å². The maximum atomic E-state index is 12.2. The van der Waals surface area contributed by atoms with Gasteiger partial charge in [0.05, 0.1) is 19.6 Å². The minimum Gasteiger partial charge on any atom is -0.506 e. The van der Waals surface area contributed by atoms with Crippen LogP contribution in [0.2, 0.25) is 0 Å². The SMILES string of the molecule is CCOC(=O)CN1C(=O)S/C(=C/c2cc(Br)c(O)c(I)c2)C1=O. The number of ether oxygens (including phenoxy) is 1. The Balaban J connectivity index is 2.23. The molecule has 1 aliphatic heterocycles. The summed E-state index contributed by atoms with van der Waals surface area (Å²) in [6.07, 6.45) is 1.54. The molecule has 0 bridgehead atoms. The number of esters is 1. The zero-order valence-corrected chi connectivity index (χ0v) is 16.4. The number of halogens is 2. The maximum absolute atomic E-state index is 12.2. The van der Waals surface area contributed by atoms with Crippen LogP contribution in [0.5, 0.6) is 5.75 Å². The molecule has 6 nitrogen and oxygen atoms in total. The van der Waals surface area contributed by atoms with E-state index in [9.17, 15) is 19.5 Å². The van der Waals surface area contributed by atoms with E-state index in [0.717, 1.165) is 16.7 Å². The molecule has 9 heteroatoms. The number of hydrogen-bond donors (Lipinski definition) is 1. The Bertz CT molecular complexity index is 698. The highest BCUT2D eigenvalue weighted by atomic mass is 127. The quantitative estimate of drug-likeness (QED) is 0.379. The topological polar surface area (TPSA) is 83.9 Å². The van der Waals surface area contributed by atoms with E-state index >= 15 is 0 Å². The van der Waals surface area contributed by atoms with Crippen molar-refractivity contribution < 1.29 is 24.2 Å². The second-order valence-electron chi connectivity index (χ2n) is 4.41. The number of nitrogens with zero attached hydrogens (tertiary/aromatic N) is 1. The first-order valence-electron chi connectivity index (χ1n) is 6.42. The summed E-state index contributed by atoms with van der Waals surface area (Å²) in [6, 6.07) is 3.32. The molecule has 0 unspecified atom stereocenters. The van der Waals surface area contributed by atoms with Crippen LogP contribution >= 0.6 is 50.3 Å². The van der Waals surface area contributed by atoms with E-state index in [1.165, 1.54) is 0 Å². The van der Waals surface area contributed by atoms with Gasteiger partial charge in [-0.3, -0.25) is 19.3 Å². The lowest BCUT2D eigenvalue weighted by atomic mass is 10.2. The molecule has 0 atom stereocenters. The van der Waals surface area contributed by atoms with Crippen molar-refractivity contribution >= 4 is 73.5 Å². The summed E-state index contributed by atoms with van der Waals surface area (Å²) in [5.41, 5.74) is 0.653. The average Bonchev–Trinajstić information content (AvgIpc) is 2.72. The fourth-order valence-corrected chi connectivity index (χ4v) is 4.13. The summed E-state index contributed by atoms with van der Waals surface area (Å²) < 4.78 is 5.84. The number of amides is 2. The fraction of sp³-hybridized carbons (Fsp3) is 0.214. The van der Waals surface area contributed by atoms with Crippen LogP contribution in [0.15, 0.2) is 21.5 Å². The predicted molar refractivity (Wildman–Crippen MR) is 97.8 cm³/mol. The molecular formula is C14H11BrINO5S. The molecule has 1 N–H and O–H groups in total. The number of imide groups is 1. The number of rotatable bonds is 4. The molecule has 23 heavy (non-hydrogen) atoms. The van der Waals surface area contributed by atoms with Crippen molar-refractivity contribution in [3.8, 4) is 5.75 Å². The molecule has 0 radical (unpaired) electrons. The van der Waals surface area contributed by atoms with Gasteiger partial charge in [0.25, 0.3) is 11.1 Å². The van der Waals surface area contributed by atoms with Gasteiger partial charge in [-0.2, -0.15) is 0 Å². The predicted octanol–water partition coefficient (Wildman–Crippen LogP) is 3.36. The lowest BCUT2D eigenvalue weighted by molar-refractivity contribution is -0.145. The van der Waals surface area contributed by atoms with Crippen molar-refractivity contribution in [1.82, 2.24) is 4.90 Å². The largest absolute Gasteiger partial charge is 0.506 e. The first-order valence-corrected chi connectivity index (χ1v) is 9.11. The van der Waals surface area contributed by atoms with E-state index in [2.05, 4.69) is 15.9 Å². The van der Waals surface area contributed by atoms with Crippen LogP contribution in [0.4, 0.5) is 4.79 Å². The number of benzene rings is 1. The lowest BCUT2D eigenvalue weighted by Gasteiger charge is -2.10. The Morgan fingerprint density at radius 2 is 2.17 bits per heavy atom. The van der Waals surface area contributed by atoms with Crippen molar-refractivity contribution in [3.05, 3.63) is 30.6 Å². The fourth-order valence-electron chi connectivity index (χ4n) is 1.79. The number of thioether (sulfide) groups is 1. The number of phenolic OH excluding ortho intramolecular Hbond substituents is 1. The normalized spacial score (nSPS) is 16.3. The van der Waals surface area contributed by atoms with E-state index in [1.807, 2.05) is 22.6 Å². The number of aromatic hydroxyl groups is 1. The highest BCUT2D eigenvalue weighted by Gasteiger charge is 2.36. The van der Waals surface area contributed by atoms with Crippen LogP contribution < -0.4 is 0 Å². The zero-order valence-electron chi connectivity index (χ0n) is 11.8. The number of carbonyl (C=O) groups excluding carboxylic acids is 3. The van der Waals surface area contributed by atoms with Gasteiger partial charge in [0.1, 0.15) is 12.3 Å². The molecular weight excluding hydrogens is 501 g/mol. The average molecular weight is 512 g/mol. The van der Waals surface area contributed by atoms with Gasteiger partial charge in [-0.05, 0) is 81.0 Å². The summed E-state index contributed by atoms with van der Waals surface area (Å²) in [7, 11) is 0. The van der Waals surface area contributed by atoms with E-state index in [0.29, 0.717) is 13.6 Å². The molecule has 2 amide bonds. The van der Waals surface area contributed by atoms with Crippen LogP contribution in [0.1, 0.15) is 12.5 Å². The van der Waals surface area contributed by atoms with Crippen LogP contribution in [0.25, 0.3) is 6.08 Å². The highest BCUT2D eigenvalue weighted by molar-refractivity contribution is 14.1. The second-order valence-corrected chi connectivity index (χ2v) is 7.42. The maximum Gasteiger partial charge on any atom is 0.326 e. The summed E-state index contributed by atoms with van der Waals surface area (Å²) in [5, 5.41) is 9.20. The Morgan fingerprint density at radius 1 is 1.48 bits per heavy atom. The third-order valence-corrected chi connectivity index (χ3v) is 5.14. The third-order valence-electron chi connectivity index (χ3n) is 2.80. The first-order chi connectivity index (χ1) is 10.8. The summed E-state index contributed by atoms with van der Waals surface area (Å²) in [5.74, 6) is -1.05. The Labute approximate surface area is 158 Å². The van der Waals surface area contributed by atoms with Crippen molar-refractivity contribution in [2.24, 2.45) is 0 Å². The van der Waals surface area contributed by atoms with Gasteiger partial charge in [-0.15, -0.1) is 0 Å². The Hall–Kier alpha value is -1.07. The molecule has 0 saturated carbocycles. The molecule has 122 valence electrons. The van der Waals surface area contributed by atoms with E-state index in [4.69, 9.17) is 4.74 Å². The highest BCUT2D eigenvalue weighted by Crippen LogP contribution is 2.35. The molecule has 0 spiro atoms. The second kappa shape index (κ2) is 7.67. The van der Waals surface area contributed by atoms with Crippen LogP contribution in [0, 0.1) is 3.57 Å². The summed E-state index contributed by atoms with van der Waals surface area (Å²) in [4.78, 5) is 36.6. The molecule has 1 aromatic rings. The van der Waals surface area contributed by atoms with Gasteiger partial charge >= 0.3 is 5.97 Å². The molecule has 1 aromatic carbocycles. The van der Waals surface area contributed by atoms with Gasteiger partial charge in [0.2, 0.25) is 0 Å². The molecule has 0 aromatic heterocycles. The van der Waals surface area contributed by atoms with Crippen molar-refractivity contribution in [3.63, 3.8) is 0 Å². The van der Waals surface area contributed by atoms with Crippen LogP contribution in [-0.4, -0.2) is 40.3 Å². The van der Waals surface area contributed by atoms with Gasteiger partial charge in [0.15, 0.2) is 0 Å². The van der Waals surface area contributed by atoms with E-state index < -0.39 is 23.7 Å².